The molecule has 0 spiro atoms. The van der Waals surface area contributed by atoms with Crippen LogP contribution in [0.2, 0.25) is 0 Å². The molecule has 1 heterocycles. The first-order valence-corrected chi connectivity index (χ1v) is 9.78. The number of anilines is 1. The number of ether oxygens (including phenoxy) is 1. The van der Waals surface area contributed by atoms with Crippen LogP contribution in [0.4, 0.5) is 5.69 Å². The highest BCUT2D eigenvalue weighted by Gasteiger charge is 2.22. The zero-order valence-corrected chi connectivity index (χ0v) is 14.4. The summed E-state index contributed by atoms with van der Waals surface area (Å²) in [5.74, 6) is 0.863. The van der Waals surface area contributed by atoms with E-state index in [0.29, 0.717) is 11.4 Å². The fourth-order valence-electron chi connectivity index (χ4n) is 1.26. The lowest BCUT2D eigenvalue weighted by Gasteiger charge is -2.40. The minimum absolute atomic E-state index is 0.0277. The Kier molecular flexibility index (Phi) is 5.78. The molecule has 1 unspecified atom stereocenters. The van der Waals surface area contributed by atoms with Crippen molar-refractivity contribution in [1.29, 1.82) is 0 Å². The van der Waals surface area contributed by atoms with E-state index >= 15 is 0 Å². The van der Waals surface area contributed by atoms with Gasteiger partial charge in [0, 0.05) is 0 Å². The normalized spacial score (nSPS) is 18.9. The minimum Gasteiger partial charge on any atom is -0.489 e. The number of aliphatic hydroxyl groups excluding tert-OH is 1. The van der Waals surface area contributed by atoms with E-state index in [0.717, 1.165) is 11.4 Å². The lowest BCUT2D eigenvalue weighted by Crippen LogP contribution is -2.34. The van der Waals surface area contributed by atoms with Gasteiger partial charge in [-0.25, -0.2) is 10.0 Å². The molecular formula is C16H29NO2S. The third-order valence-corrected chi connectivity index (χ3v) is 7.42. The second kappa shape index (κ2) is 6.72. The van der Waals surface area contributed by atoms with Gasteiger partial charge < -0.3 is 15.2 Å². The smallest absolute Gasteiger partial charge is 0.142 e. The lowest BCUT2D eigenvalue weighted by atomic mass is 10.2. The summed E-state index contributed by atoms with van der Waals surface area (Å²) < 4.78 is 5.93. The monoisotopic (exact) mass is 299 g/mol. The quantitative estimate of drug-likeness (QED) is 0.836. The van der Waals surface area contributed by atoms with Gasteiger partial charge in [-0.15, -0.1) is 0 Å². The van der Waals surface area contributed by atoms with Gasteiger partial charge in [-0.05, 0) is 35.6 Å². The van der Waals surface area contributed by atoms with Crippen LogP contribution in [0.25, 0.3) is 0 Å². The van der Waals surface area contributed by atoms with E-state index in [9.17, 15) is 0 Å². The molecule has 2 rings (SSSR count). The summed E-state index contributed by atoms with van der Waals surface area (Å²) >= 11 is 0. The highest BCUT2D eigenvalue weighted by Crippen LogP contribution is 2.48. The Bertz CT molecular complexity index is 409. The number of fused-ring (bicyclic) bond motifs is 1. The molecular weight excluding hydrogens is 270 g/mol. The van der Waals surface area contributed by atoms with E-state index in [1.54, 1.807) is 0 Å². The molecule has 0 bridgehead atoms. The van der Waals surface area contributed by atoms with Crippen molar-refractivity contribution in [2.45, 2.75) is 31.6 Å². The van der Waals surface area contributed by atoms with Gasteiger partial charge in [-0.2, -0.15) is 0 Å². The number of hydrogen-bond donors (Lipinski definition) is 2. The van der Waals surface area contributed by atoms with Gasteiger partial charge in [0.15, 0.2) is 0 Å². The zero-order valence-electron chi connectivity index (χ0n) is 13.6. The van der Waals surface area contributed by atoms with E-state index in [1.807, 2.05) is 24.3 Å². The van der Waals surface area contributed by atoms with Gasteiger partial charge in [0.2, 0.25) is 0 Å². The summed E-state index contributed by atoms with van der Waals surface area (Å²) in [6.07, 6.45) is 7.06. The van der Waals surface area contributed by atoms with E-state index in [2.05, 4.69) is 44.9 Å². The van der Waals surface area contributed by atoms with Crippen molar-refractivity contribution in [3.05, 3.63) is 24.3 Å². The molecule has 0 aromatic heterocycles. The molecule has 4 heteroatoms. The molecule has 1 atom stereocenters. The lowest BCUT2D eigenvalue weighted by molar-refractivity contribution is 0.207. The average molecular weight is 299 g/mol. The predicted octanol–water partition coefficient (Wildman–Crippen LogP) is 3.33. The van der Waals surface area contributed by atoms with Crippen molar-refractivity contribution in [2.24, 2.45) is 0 Å². The Balaban J connectivity index is 0.000000221. The molecule has 0 fully saturated rings. The molecule has 20 heavy (non-hydrogen) atoms. The number of rotatable bonds is 1. The second-order valence-corrected chi connectivity index (χ2v) is 11.7. The van der Waals surface area contributed by atoms with Crippen molar-refractivity contribution in [1.82, 2.24) is 0 Å². The molecule has 0 aliphatic carbocycles. The van der Waals surface area contributed by atoms with E-state index in [4.69, 9.17) is 9.84 Å². The van der Waals surface area contributed by atoms with Crippen LogP contribution in [0.5, 0.6) is 5.75 Å². The number of aliphatic hydroxyl groups is 1. The molecule has 1 aromatic rings. The van der Waals surface area contributed by atoms with Crippen LogP contribution in [-0.4, -0.2) is 47.9 Å². The Hall–Kier alpha value is -0.870. The van der Waals surface area contributed by atoms with Crippen molar-refractivity contribution in [3.63, 3.8) is 0 Å². The first-order chi connectivity index (χ1) is 9.15. The fourth-order valence-corrected chi connectivity index (χ4v) is 1.26. The first kappa shape index (κ1) is 17.2. The molecule has 116 valence electrons. The number of para-hydroxylation sites is 2. The topological polar surface area (TPSA) is 41.5 Å². The van der Waals surface area contributed by atoms with E-state index in [-0.39, 0.29) is 22.7 Å². The maximum atomic E-state index is 8.87. The Labute approximate surface area is 125 Å². The molecule has 1 aromatic carbocycles. The third kappa shape index (κ3) is 4.91. The van der Waals surface area contributed by atoms with Gasteiger partial charge in [-0.3, -0.25) is 0 Å². The molecule has 1 aliphatic rings. The SMILES string of the molecule is CC(C)(C)S(C)(C)C.OCC1COc2ccccc2N1. The summed E-state index contributed by atoms with van der Waals surface area (Å²) in [5.41, 5.74) is 0.961. The fraction of sp³-hybridized carbons (Fsp3) is 0.625. The van der Waals surface area contributed by atoms with Crippen LogP contribution in [0.1, 0.15) is 20.8 Å². The zero-order chi connectivity index (χ0) is 15.4. The third-order valence-electron chi connectivity index (χ3n) is 3.74. The Morgan fingerprint density at radius 2 is 1.80 bits per heavy atom. The number of nitrogens with one attached hydrogen (secondary N) is 1. The molecule has 3 nitrogen and oxygen atoms in total. The predicted molar refractivity (Wildman–Crippen MR) is 91.5 cm³/mol. The molecule has 0 saturated heterocycles. The van der Waals surface area contributed by atoms with Crippen LogP contribution >= 0.6 is 10.0 Å². The molecule has 0 saturated carbocycles. The summed E-state index contributed by atoms with van der Waals surface area (Å²) in [6.45, 7) is 7.56. The Morgan fingerprint density at radius 1 is 1.25 bits per heavy atom. The summed E-state index contributed by atoms with van der Waals surface area (Å²) in [6, 6.07) is 7.75. The van der Waals surface area contributed by atoms with Gasteiger partial charge in [-0.1, -0.05) is 32.9 Å². The first-order valence-electron chi connectivity index (χ1n) is 6.92. The van der Waals surface area contributed by atoms with Crippen molar-refractivity contribution >= 4 is 15.7 Å². The molecule has 2 N–H and O–H groups in total. The minimum atomic E-state index is -0.340. The average Bonchev–Trinajstić information content (AvgIpc) is 2.36. The molecule has 0 radical (unpaired) electrons. The van der Waals surface area contributed by atoms with Gasteiger partial charge in [0.05, 0.1) is 18.3 Å². The van der Waals surface area contributed by atoms with Crippen molar-refractivity contribution in [2.75, 3.05) is 37.3 Å². The van der Waals surface area contributed by atoms with E-state index < -0.39 is 0 Å². The van der Waals surface area contributed by atoms with Crippen LogP contribution in [0.3, 0.4) is 0 Å². The van der Waals surface area contributed by atoms with Gasteiger partial charge >= 0.3 is 0 Å². The maximum Gasteiger partial charge on any atom is 0.142 e. The van der Waals surface area contributed by atoms with Crippen molar-refractivity contribution < 1.29 is 9.84 Å². The summed E-state index contributed by atoms with van der Waals surface area (Å²) in [7, 11) is -0.340. The highest BCUT2D eigenvalue weighted by atomic mass is 32.3. The maximum absolute atomic E-state index is 8.87. The van der Waals surface area contributed by atoms with E-state index in [1.165, 1.54) is 0 Å². The molecule has 1 aliphatic heterocycles. The number of hydrogen-bond acceptors (Lipinski definition) is 3. The van der Waals surface area contributed by atoms with Crippen molar-refractivity contribution in [3.8, 4) is 5.75 Å². The largest absolute Gasteiger partial charge is 0.489 e. The van der Waals surface area contributed by atoms with Gasteiger partial charge in [0.25, 0.3) is 0 Å². The van der Waals surface area contributed by atoms with Crippen LogP contribution in [-0.2, 0) is 0 Å². The second-order valence-electron chi connectivity index (χ2n) is 6.78. The Morgan fingerprint density at radius 3 is 2.30 bits per heavy atom. The summed E-state index contributed by atoms with van der Waals surface area (Å²) in [4.78, 5) is 0. The van der Waals surface area contributed by atoms with Crippen LogP contribution < -0.4 is 10.1 Å². The molecule has 0 amide bonds. The standard InChI is InChI=1S/C9H11NO2.C7H18S/c11-5-7-6-12-9-4-2-1-3-8(9)10-7;1-7(2,3)8(4,5)6/h1-4,7,10-11H,5-6H2;1-6H3. The van der Waals surface area contributed by atoms with Crippen LogP contribution in [0, 0.1) is 0 Å². The number of benzene rings is 1. The highest BCUT2D eigenvalue weighted by molar-refractivity contribution is 8.33. The summed E-state index contributed by atoms with van der Waals surface area (Å²) in [5, 5.41) is 12.0. The van der Waals surface area contributed by atoms with Crippen LogP contribution in [0.15, 0.2) is 24.3 Å². The van der Waals surface area contributed by atoms with Gasteiger partial charge in [0.1, 0.15) is 12.4 Å².